The highest BCUT2D eigenvalue weighted by molar-refractivity contribution is 5.77. The molecule has 0 atom stereocenters. The smallest absolute Gasteiger partial charge is 0.192 e. The van der Waals surface area contributed by atoms with Crippen LogP contribution in [0.1, 0.15) is 5.76 Å². The molecule has 0 fully saturated rings. The van der Waals surface area contributed by atoms with E-state index >= 15 is 0 Å². The second kappa shape index (κ2) is 3.61. The largest absolute Gasteiger partial charge is 0.508 e. The zero-order chi connectivity index (χ0) is 10.8. The lowest BCUT2D eigenvalue weighted by Crippen LogP contribution is -2.01. The molecule has 0 amide bonds. The minimum Gasteiger partial charge on any atom is -0.508 e. The van der Waals surface area contributed by atoms with Crippen molar-refractivity contribution >= 4 is 11.0 Å². The summed E-state index contributed by atoms with van der Waals surface area (Å²) in [6, 6.07) is 5.89. The van der Waals surface area contributed by atoms with Crippen molar-refractivity contribution in [3.8, 4) is 5.75 Å². The maximum absolute atomic E-state index is 11.6. The second-order valence-corrected chi connectivity index (χ2v) is 3.25. The molecule has 0 saturated carbocycles. The average molecular weight is 202 g/mol. The predicted molar refractivity (Wildman–Crippen MR) is 58.0 cm³/mol. The van der Waals surface area contributed by atoms with Crippen molar-refractivity contribution in [1.29, 1.82) is 0 Å². The molecule has 15 heavy (non-hydrogen) atoms. The van der Waals surface area contributed by atoms with E-state index in [4.69, 9.17) is 4.42 Å². The number of phenolic OH excluding ortho intramolecular Hbond substituents is 1. The van der Waals surface area contributed by atoms with E-state index in [1.807, 2.05) is 0 Å². The Kier molecular flexibility index (Phi) is 2.29. The molecular formula is C12H10O3. The van der Waals surface area contributed by atoms with Crippen LogP contribution in [0.4, 0.5) is 0 Å². The van der Waals surface area contributed by atoms with Gasteiger partial charge in [0.2, 0.25) is 0 Å². The zero-order valence-corrected chi connectivity index (χ0v) is 8.06. The molecule has 76 valence electrons. The van der Waals surface area contributed by atoms with Gasteiger partial charge in [0.1, 0.15) is 17.1 Å². The fourth-order valence-electron chi connectivity index (χ4n) is 1.44. The second-order valence-electron chi connectivity index (χ2n) is 3.25. The van der Waals surface area contributed by atoms with E-state index in [0.717, 1.165) is 0 Å². The highest BCUT2D eigenvalue weighted by atomic mass is 16.3. The molecule has 1 aromatic carbocycles. The van der Waals surface area contributed by atoms with E-state index in [1.165, 1.54) is 18.2 Å². The Morgan fingerprint density at radius 3 is 2.93 bits per heavy atom. The summed E-state index contributed by atoms with van der Waals surface area (Å²) in [6.07, 6.45) is 2.16. The Bertz CT molecular complexity index is 567. The fourth-order valence-corrected chi connectivity index (χ4v) is 1.44. The maximum atomic E-state index is 11.6. The van der Waals surface area contributed by atoms with Crippen LogP contribution in [-0.2, 0) is 6.42 Å². The summed E-state index contributed by atoms with van der Waals surface area (Å²) in [5.74, 6) is 0.634. The number of phenols is 1. The van der Waals surface area contributed by atoms with Gasteiger partial charge >= 0.3 is 0 Å². The molecular weight excluding hydrogens is 192 g/mol. The van der Waals surface area contributed by atoms with Gasteiger partial charge in [0.25, 0.3) is 0 Å². The summed E-state index contributed by atoms with van der Waals surface area (Å²) in [6.45, 7) is 3.57. The van der Waals surface area contributed by atoms with Crippen LogP contribution in [0.5, 0.6) is 5.75 Å². The number of hydrogen-bond donors (Lipinski definition) is 1. The van der Waals surface area contributed by atoms with Crippen LogP contribution in [-0.4, -0.2) is 5.11 Å². The van der Waals surface area contributed by atoms with Crippen LogP contribution in [0.3, 0.4) is 0 Å². The number of rotatable bonds is 2. The van der Waals surface area contributed by atoms with Crippen LogP contribution in [0.25, 0.3) is 11.0 Å². The number of benzene rings is 1. The van der Waals surface area contributed by atoms with Crippen molar-refractivity contribution < 1.29 is 9.52 Å². The molecule has 0 bridgehead atoms. The number of allylic oxidation sites excluding steroid dienone is 1. The first-order chi connectivity index (χ1) is 7.20. The molecule has 1 aromatic heterocycles. The predicted octanol–water partition coefficient (Wildman–Crippen LogP) is 2.23. The highest BCUT2D eigenvalue weighted by Crippen LogP contribution is 2.18. The van der Waals surface area contributed by atoms with Crippen LogP contribution in [0.15, 0.2) is 46.1 Å². The lowest BCUT2D eigenvalue weighted by molar-refractivity contribution is 0.473. The van der Waals surface area contributed by atoms with E-state index in [0.29, 0.717) is 23.2 Å². The van der Waals surface area contributed by atoms with Crippen molar-refractivity contribution in [2.75, 3.05) is 0 Å². The zero-order valence-electron chi connectivity index (χ0n) is 8.06. The Morgan fingerprint density at radius 2 is 2.20 bits per heavy atom. The van der Waals surface area contributed by atoms with Gasteiger partial charge in [-0.1, -0.05) is 6.08 Å². The SMILES string of the molecule is C=CCc1cc(=O)c2ccc(O)cc2o1. The van der Waals surface area contributed by atoms with Crippen LogP contribution >= 0.6 is 0 Å². The molecule has 0 aliphatic carbocycles. The van der Waals surface area contributed by atoms with Crippen LogP contribution in [0, 0.1) is 0 Å². The van der Waals surface area contributed by atoms with Gasteiger partial charge in [-0.25, -0.2) is 0 Å². The molecule has 0 saturated heterocycles. The minimum atomic E-state index is -0.104. The van der Waals surface area contributed by atoms with Crippen LogP contribution in [0.2, 0.25) is 0 Å². The van der Waals surface area contributed by atoms with E-state index in [9.17, 15) is 9.90 Å². The summed E-state index contributed by atoms with van der Waals surface area (Å²) in [5, 5.41) is 9.73. The van der Waals surface area contributed by atoms with Crippen molar-refractivity contribution in [2.45, 2.75) is 6.42 Å². The molecule has 3 heteroatoms. The minimum absolute atomic E-state index is 0.0846. The van der Waals surface area contributed by atoms with Crippen LogP contribution < -0.4 is 5.43 Å². The van der Waals surface area contributed by atoms with Gasteiger partial charge < -0.3 is 9.52 Å². The summed E-state index contributed by atoms with van der Waals surface area (Å²) < 4.78 is 5.43. The Hall–Kier alpha value is -2.03. The third-order valence-corrected chi connectivity index (χ3v) is 2.11. The van der Waals surface area contributed by atoms with Crippen molar-refractivity contribution in [3.05, 3.63) is 52.9 Å². The third-order valence-electron chi connectivity index (χ3n) is 2.11. The van der Waals surface area contributed by atoms with E-state index in [2.05, 4.69) is 6.58 Å². The normalized spacial score (nSPS) is 10.4. The summed E-state index contributed by atoms with van der Waals surface area (Å²) in [5.41, 5.74) is 0.299. The van der Waals surface area contributed by atoms with Crippen molar-refractivity contribution in [3.63, 3.8) is 0 Å². The highest BCUT2D eigenvalue weighted by Gasteiger charge is 2.04. The van der Waals surface area contributed by atoms with Gasteiger partial charge in [0.05, 0.1) is 5.39 Å². The average Bonchev–Trinajstić information content (AvgIpc) is 2.17. The lowest BCUT2D eigenvalue weighted by atomic mass is 10.2. The molecule has 0 radical (unpaired) electrons. The monoisotopic (exact) mass is 202 g/mol. The number of fused-ring (bicyclic) bond motifs is 1. The topological polar surface area (TPSA) is 50.4 Å². The van der Waals surface area contributed by atoms with Crippen molar-refractivity contribution in [2.24, 2.45) is 0 Å². The van der Waals surface area contributed by atoms with Gasteiger partial charge in [-0.3, -0.25) is 4.79 Å². The molecule has 0 unspecified atom stereocenters. The molecule has 2 rings (SSSR count). The summed E-state index contributed by atoms with van der Waals surface area (Å²) in [4.78, 5) is 11.6. The standard InChI is InChI=1S/C12H10O3/c1-2-3-9-7-11(14)10-5-4-8(13)6-12(10)15-9/h2,4-7,13H,1,3H2. The molecule has 1 heterocycles. The third kappa shape index (κ3) is 1.76. The Morgan fingerprint density at radius 1 is 1.40 bits per heavy atom. The lowest BCUT2D eigenvalue weighted by Gasteiger charge is -2.00. The molecule has 2 aromatic rings. The van der Waals surface area contributed by atoms with Gasteiger partial charge in [-0.15, -0.1) is 6.58 Å². The summed E-state index contributed by atoms with van der Waals surface area (Å²) >= 11 is 0. The molecule has 3 nitrogen and oxygen atoms in total. The van der Waals surface area contributed by atoms with Gasteiger partial charge in [0, 0.05) is 18.6 Å². The Labute approximate surface area is 86.3 Å². The first kappa shape index (κ1) is 9.52. The molecule has 0 spiro atoms. The first-order valence-corrected chi connectivity index (χ1v) is 4.57. The fraction of sp³-hybridized carbons (Fsp3) is 0.0833. The number of hydrogen-bond acceptors (Lipinski definition) is 3. The molecule has 0 aliphatic heterocycles. The van der Waals surface area contributed by atoms with Gasteiger partial charge in [0.15, 0.2) is 5.43 Å². The van der Waals surface area contributed by atoms with E-state index in [1.54, 1.807) is 12.1 Å². The summed E-state index contributed by atoms with van der Waals surface area (Å²) in [7, 11) is 0. The molecule has 0 aliphatic rings. The van der Waals surface area contributed by atoms with E-state index in [-0.39, 0.29) is 11.2 Å². The first-order valence-electron chi connectivity index (χ1n) is 4.57. The van der Waals surface area contributed by atoms with Gasteiger partial charge in [-0.2, -0.15) is 0 Å². The Balaban J connectivity index is 2.73. The van der Waals surface area contributed by atoms with E-state index < -0.39 is 0 Å². The number of aromatic hydroxyl groups is 1. The quantitative estimate of drug-likeness (QED) is 0.759. The van der Waals surface area contributed by atoms with Crippen molar-refractivity contribution in [1.82, 2.24) is 0 Å². The maximum Gasteiger partial charge on any atom is 0.192 e. The van der Waals surface area contributed by atoms with Gasteiger partial charge in [-0.05, 0) is 12.1 Å². The molecule has 1 N–H and O–H groups in total.